The molecular formula is C24H31IN4O. The predicted octanol–water partition coefficient (Wildman–Crippen LogP) is 4.31. The highest BCUT2D eigenvalue weighted by molar-refractivity contribution is 14.0. The van der Waals surface area contributed by atoms with Gasteiger partial charge in [0.25, 0.3) is 5.91 Å². The molecule has 0 spiro atoms. The molecule has 1 aliphatic heterocycles. The Hall–Kier alpha value is -2.35. The van der Waals surface area contributed by atoms with E-state index in [1.165, 1.54) is 11.1 Å². The van der Waals surface area contributed by atoms with Gasteiger partial charge in [-0.25, -0.2) is 4.99 Å². The lowest BCUT2D eigenvalue weighted by Crippen LogP contribution is -2.44. The first-order valence-corrected chi connectivity index (χ1v) is 10.3. The van der Waals surface area contributed by atoms with Crippen LogP contribution in [0.1, 0.15) is 41.3 Å². The van der Waals surface area contributed by atoms with Crippen molar-refractivity contribution in [2.24, 2.45) is 4.99 Å². The Morgan fingerprint density at radius 2 is 1.83 bits per heavy atom. The lowest BCUT2D eigenvalue weighted by Gasteiger charge is -2.31. The minimum atomic E-state index is -0.0727. The standard InChI is InChI=1S/C24H30N4O.HI/c1-3-26-24(27-18-21-10-7-11-22(17-21)23(29)25-2)28-14-12-20(13-15-28)16-19-8-5-4-6-9-19;/h4-11,16-17H,3,12-15,18H2,1-2H3,(H,25,29)(H,26,27);1H. The van der Waals surface area contributed by atoms with Crippen LogP contribution in [-0.2, 0) is 6.54 Å². The second kappa shape index (κ2) is 12.4. The molecule has 1 heterocycles. The molecule has 30 heavy (non-hydrogen) atoms. The van der Waals surface area contributed by atoms with E-state index in [2.05, 4.69) is 52.8 Å². The molecule has 0 radical (unpaired) electrons. The zero-order valence-corrected chi connectivity index (χ0v) is 20.1. The molecule has 0 saturated carbocycles. The van der Waals surface area contributed by atoms with E-state index in [1.54, 1.807) is 7.05 Å². The molecule has 1 amide bonds. The third kappa shape index (κ3) is 6.86. The fraction of sp³-hybridized carbons (Fsp3) is 0.333. The van der Waals surface area contributed by atoms with E-state index < -0.39 is 0 Å². The molecule has 2 aromatic carbocycles. The van der Waals surface area contributed by atoms with Crippen LogP contribution >= 0.6 is 24.0 Å². The number of nitrogens with zero attached hydrogens (tertiary/aromatic N) is 2. The zero-order valence-electron chi connectivity index (χ0n) is 17.7. The van der Waals surface area contributed by atoms with Crippen molar-refractivity contribution >= 4 is 41.9 Å². The average Bonchev–Trinajstić information content (AvgIpc) is 2.77. The van der Waals surface area contributed by atoms with Crippen LogP contribution < -0.4 is 10.6 Å². The molecule has 1 aliphatic rings. The molecule has 0 unspecified atom stereocenters. The third-order valence-electron chi connectivity index (χ3n) is 5.04. The number of benzene rings is 2. The second-order valence-corrected chi connectivity index (χ2v) is 7.15. The van der Waals surface area contributed by atoms with E-state index >= 15 is 0 Å². The quantitative estimate of drug-likeness (QED) is 0.353. The van der Waals surface area contributed by atoms with Crippen LogP contribution in [0.15, 0.2) is 65.2 Å². The van der Waals surface area contributed by atoms with E-state index in [0.717, 1.165) is 44.0 Å². The number of piperidine rings is 1. The van der Waals surface area contributed by atoms with E-state index in [-0.39, 0.29) is 29.9 Å². The van der Waals surface area contributed by atoms with Gasteiger partial charge in [0.2, 0.25) is 0 Å². The van der Waals surface area contributed by atoms with Crippen LogP contribution in [0.3, 0.4) is 0 Å². The number of guanidine groups is 1. The third-order valence-corrected chi connectivity index (χ3v) is 5.04. The van der Waals surface area contributed by atoms with Gasteiger partial charge >= 0.3 is 0 Å². The van der Waals surface area contributed by atoms with Crippen LogP contribution in [0.25, 0.3) is 6.08 Å². The highest BCUT2D eigenvalue weighted by Crippen LogP contribution is 2.19. The minimum absolute atomic E-state index is 0. The normalized spacial score (nSPS) is 14.0. The van der Waals surface area contributed by atoms with Crippen LogP contribution in [0, 0.1) is 0 Å². The molecule has 0 aliphatic carbocycles. The monoisotopic (exact) mass is 518 g/mol. The summed E-state index contributed by atoms with van der Waals surface area (Å²) >= 11 is 0. The summed E-state index contributed by atoms with van der Waals surface area (Å²) in [6, 6.07) is 18.2. The fourth-order valence-electron chi connectivity index (χ4n) is 3.48. The summed E-state index contributed by atoms with van der Waals surface area (Å²) in [4.78, 5) is 19.0. The number of hydrogen-bond acceptors (Lipinski definition) is 2. The van der Waals surface area contributed by atoms with Crippen LogP contribution in [0.4, 0.5) is 0 Å². The van der Waals surface area contributed by atoms with Crippen molar-refractivity contribution in [1.82, 2.24) is 15.5 Å². The molecule has 0 atom stereocenters. The minimum Gasteiger partial charge on any atom is -0.357 e. The molecular weight excluding hydrogens is 487 g/mol. The van der Waals surface area contributed by atoms with Crippen molar-refractivity contribution in [2.75, 3.05) is 26.7 Å². The Kier molecular flexibility index (Phi) is 9.86. The first-order chi connectivity index (χ1) is 14.2. The summed E-state index contributed by atoms with van der Waals surface area (Å²) in [5.74, 6) is 0.869. The largest absolute Gasteiger partial charge is 0.357 e. The summed E-state index contributed by atoms with van der Waals surface area (Å²) in [5, 5.41) is 6.08. The highest BCUT2D eigenvalue weighted by Gasteiger charge is 2.17. The molecule has 160 valence electrons. The van der Waals surface area contributed by atoms with Gasteiger partial charge in [-0.2, -0.15) is 0 Å². The van der Waals surface area contributed by atoms with Crippen LogP contribution in [0.5, 0.6) is 0 Å². The van der Waals surface area contributed by atoms with Gasteiger partial charge in [0.05, 0.1) is 6.54 Å². The van der Waals surface area contributed by atoms with Gasteiger partial charge in [-0.05, 0) is 43.0 Å². The second-order valence-electron chi connectivity index (χ2n) is 7.15. The lowest BCUT2D eigenvalue weighted by atomic mass is 10.0. The smallest absolute Gasteiger partial charge is 0.251 e. The van der Waals surface area contributed by atoms with Gasteiger partial charge in [0.1, 0.15) is 0 Å². The topological polar surface area (TPSA) is 56.7 Å². The number of hydrogen-bond donors (Lipinski definition) is 2. The van der Waals surface area contributed by atoms with Gasteiger partial charge in [-0.15, -0.1) is 24.0 Å². The molecule has 0 aromatic heterocycles. The molecule has 0 bridgehead atoms. The summed E-state index contributed by atoms with van der Waals surface area (Å²) in [6.07, 6.45) is 4.41. The maximum atomic E-state index is 11.8. The summed E-state index contributed by atoms with van der Waals surface area (Å²) in [5.41, 5.74) is 4.45. The van der Waals surface area contributed by atoms with Gasteiger partial charge in [-0.1, -0.05) is 54.1 Å². The van der Waals surface area contributed by atoms with Crippen LogP contribution in [-0.4, -0.2) is 43.4 Å². The molecule has 2 aromatic rings. The number of likely N-dealkylation sites (tertiary alicyclic amines) is 1. The van der Waals surface area contributed by atoms with Crippen LogP contribution in [0.2, 0.25) is 0 Å². The lowest BCUT2D eigenvalue weighted by molar-refractivity contribution is 0.0963. The SMILES string of the molecule is CCNC(=NCc1cccc(C(=O)NC)c1)N1CCC(=Cc2ccccc2)CC1.I. The fourth-order valence-corrected chi connectivity index (χ4v) is 3.48. The van der Waals surface area contributed by atoms with Crippen molar-refractivity contribution in [1.29, 1.82) is 0 Å². The number of nitrogens with one attached hydrogen (secondary N) is 2. The highest BCUT2D eigenvalue weighted by atomic mass is 127. The number of carbonyl (C=O) groups excluding carboxylic acids is 1. The molecule has 5 nitrogen and oxygen atoms in total. The van der Waals surface area contributed by atoms with E-state index in [4.69, 9.17) is 4.99 Å². The average molecular weight is 518 g/mol. The van der Waals surface area contributed by atoms with Gasteiger partial charge < -0.3 is 15.5 Å². The van der Waals surface area contributed by atoms with Crippen molar-refractivity contribution in [2.45, 2.75) is 26.3 Å². The van der Waals surface area contributed by atoms with E-state index in [9.17, 15) is 4.79 Å². The Morgan fingerprint density at radius 1 is 1.10 bits per heavy atom. The summed E-state index contributed by atoms with van der Waals surface area (Å²) in [6.45, 7) is 5.40. The molecule has 6 heteroatoms. The molecule has 3 rings (SSSR count). The predicted molar refractivity (Wildman–Crippen MR) is 135 cm³/mol. The Balaban J connectivity index is 0.00000320. The summed E-state index contributed by atoms with van der Waals surface area (Å²) in [7, 11) is 1.65. The molecule has 1 fully saturated rings. The van der Waals surface area contributed by atoms with Crippen molar-refractivity contribution < 1.29 is 4.79 Å². The first kappa shape index (κ1) is 23.9. The Bertz CT molecular complexity index is 870. The van der Waals surface area contributed by atoms with Crippen molar-refractivity contribution in [3.63, 3.8) is 0 Å². The van der Waals surface area contributed by atoms with E-state index in [0.29, 0.717) is 12.1 Å². The molecule has 2 N–H and O–H groups in total. The zero-order chi connectivity index (χ0) is 20.5. The summed E-state index contributed by atoms with van der Waals surface area (Å²) < 4.78 is 0. The number of carbonyl (C=O) groups is 1. The van der Waals surface area contributed by atoms with Gasteiger partial charge in [0.15, 0.2) is 5.96 Å². The number of amides is 1. The molecule has 1 saturated heterocycles. The Morgan fingerprint density at radius 3 is 2.50 bits per heavy atom. The number of aliphatic imine (C=N–C) groups is 1. The maximum absolute atomic E-state index is 11.8. The Labute approximate surface area is 196 Å². The first-order valence-electron chi connectivity index (χ1n) is 10.3. The van der Waals surface area contributed by atoms with E-state index in [1.807, 2.05) is 30.3 Å². The van der Waals surface area contributed by atoms with Gasteiger partial charge in [0, 0.05) is 32.2 Å². The number of rotatable bonds is 5. The van der Waals surface area contributed by atoms with Crippen molar-refractivity contribution in [3.8, 4) is 0 Å². The van der Waals surface area contributed by atoms with Gasteiger partial charge in [-0.3, -0.25) is 4.79 Å². The number of halogens is 1. The maximum Gasteiger partial charge on any atom is 0.251 e. The van der Waals surface area contributed by atoms with Crippen molar-refractivity contribution in [3.05, 3.63) is 76.9 Å².